The second kappa shape index (κ2) is 8.75. The molecule has 31 heavy (non-hydrogen) atoms. The van der Waals surface area contributed by atoms with Gasteiger partial charge in [0.1, 0.15) is 11.3 Å². The number of Topliss-reactive ketones (excluding diaryl/α,β-unsaturated/α-hetero) is 1. The van der Waals surface area contributed by atoms with E-state index in [0.717, 1.165) is 22.3 Å². The molecule has 0 aliphatic heterocycles. The molecule has 156 valence electrons. The number of ketones is 1. The average molecular weight is 415 g/mol. The van der Waals surface area contributed by atoms with Crippen molar-refractivity contribution < 1.29 is 23.5 Å². The minimum atomic E-state index is -0.311. The van der Waals surface area contributed by atoms with Gasteiger partial charge in [0.15, 0.2) is 23.9 Å². The van der Waals surface area contributed by atoms with Gasteiger partial charge in [-0.3, -0.25) is 9.59 Å². The van der Waals surface area contributed by atoms with Crippen molar-refractivity contribution >= 4 is 28.3 Å². The Hall–Kier alpha value is -4.06. The molecule has 3 aromatic carbocycles. The Balaban J connectivity index is 1.38. The molecule has 0 unspecified atom stereocenters. The molecule has 0 atom stereocenters. The van der Waals surface area contributed by atoms with Crippen LogP contribution in [-0.2, 0) is 4.79 Å². The van der Waals surface area contributed by atoms with Gasteiger partial charge in [-0.15, -0.1) is 0 Å². The molecular formula is C25H21NO5. The first-order chi connectivity index (χ1) is 15.0. The maximum atomic E-state index is 12.3. The van der Waals surface area contributed by atoms with Crippen molar-refractivity contribution in [3.8, 4) is 22.8 Å². The van der Waals surface area contributed by atoms with Gasteiger partial charge in [-0.25, -0.2) is 0 Å². The zero-order valence-electron chi connectivity index (χ0n) is 17.2. The van der Waals surface area contributed by atoms with Crippen molar-refractivity contribution in [2.24, 2.45) is 0 Å². The van der Waals surface area contributed by atoms with Crippen LogP contribution in [0.15, 0.2) is 77.2 Å². The number of para-hydroxylation sites is 1. The molecule has 1 heterocycles. The van der Waals surface area contributed by atoms with Gasteiger partial charge in [-0.1, -0.05) is 18.2 Å². The standard InChI is InChI=1S/C25H21NO5/c1-16(27)18-9-12-22(24(13-18)29-2)30-15-25(28)26-20-10-7-17(8-11-20)23-14-19-5-3-4-6-21(19)31-23/h3-14H,15H2,1-2H3,(H,26,28). The minimum Gasteiger partial charge on any atom is -0.493 e. The fourth-order valence-electron chi connectivity index (χ4n) is 3.19. The Morgan fingerprint density at radius 3 is 2.42 bits per heavy atom. The van der Waals surface area contributed by atoms with Gasteiger partial charge in [0.2, 0.25) is 0 Å². The second-order valence-corrected chi connectivity index (χ2v) is 6.98. The van der Waals surface area contributed by atoms with Crippen LogP contribution in [0.2, 0.25) is 0 Å². The van der Waals surface area contributed by atoms with Crippen LogP contribution in [-0.4, -0.2) is 25.4 Å². The predicted molar refractivity (Wildman–Crippen MR) is 119 cm³/mol. The van der Waals surface area contributed by atoms with Crippen LogP contribution in [0.5, 0.6) is 11.5 Å². The zero-order chi connectivity index (χ0) is 21.8. The molecule has 0 aliphatic rings. The third-order valence-electron chi connectivity index (χ3n) is 4.81. The van der Waals surface area contributed by atoms with Crippen LogP contribution in [0, 0.1) is 0 Å². The molecule has 4 rings (SSSR count). The van der Waals surface area contributed by atoms with Crippen molar-refractivity contribution in [3.05, 3.63) is 78.4 Å². The number of benzene rings is 3. The lowest BCUT2D eigenvalue weighted by Gasteiger charge is -2.12. The number of furan rings is 1. The summed E-state index contributed by atoms with van der Waals surface area (Å²) >= 11 is 0. The normalized spacial score (nSPS) is 10.6. The molecule has 1 aromatic heterocycles. The number of rotatable bonds is 7. The highest BCUT2D eigenvalue weighted by molar-refractivity contribution is 5.95. The highest BCUT2D eigenvalue weighted by atomic mass is 16.5. The third kappa shape index (κ3) is 4.59. The summed E-state index contributed by atoms with van der Waals surface area (Å²) in [5, 5.41) is 3.84. The number of carbonyl (C=O) groups is 2. The monoisotopic (exact) mass is 415 g/mol. The number of fused-ring (bicyclic) bond motifs is 1. The minimum absolute atomic E-state index is 0.0753. The SMILES string of the molecule is COc1cc(C(C)=O)ccc1OCC(=O)Nc1ccc(-c2cc3ccccc3o2)cc1. The first kappa shape index (κ1) is 20.2. The largest absolute Gasteiger partial charge is 0.493 e. The topological polar surface area (TPSA) is 77.8 Å². The fourth-order valence-corrected chi connectivity index (χ4v) is 3.19. The van der Waals surface area contributed by atoms with Crippen molar-refractivity contribution in [1.29, 1.82) is 0 Å². The van der Waals surface area contributed by atoms with E-state index in [9.17, 15) is 9.59 Å². The van der Waals surface area contributed by atoms with Gasteiger partial charge in [-0.2, -0.15) is 0 Å². The van der Waals surface area contributed by atoms with Crippen LogP contribution in [0.25, 0.3) is 22.3 Å². The smallest absolute Gasteiger partial charge is 0.262 e. The van der Waals surface area contributed by atoms with Crippen LogP contribution in [0.4, 0.5) is 5.69 Å². The Morgan fingerprint density at radius 1 is 0.935 bits per heavy atom. The van der Waals surface area contributed by atoms with Crippen molar-refractivity contribution in [2.75, 3.05) is 19.0 Å². The summed E-state index contributed by atoms with van der Waals surface area (Å²) in [5.74, 6) is 1.17. The summed E-state index contributed by atoms with van der Waals surface area (Å²) in [6.45, 7) is 1.28. The molecule has 6 nitrogen and oxygen atoms in total. The van der Waals surface area contributed by atoms with E-state index in [1.165, 1.54) is 14.0 Å². The highest BCUT2D eigenvalue weighted by Crippen LogP contribution is 2.29. The molecule has 0 aliphatic carbocycles. The van der Waals surface area contributed by atoms with Gasteiger partial charge in [-0.05, 0) is 61.5 Å². The van der Waals surface area contributed by atoms with Gasteiger partial charge in [0, 0.05) is 22.2 Å². The van der Waals surface area contributed by atoms with Gasteiger partial charge in [0.05, 0.1) is 7.11 Å². The molecule has 1 amide bonds. The number of carbonyl (C=O) groups excluding carboxylic acids is 2. The highest BCUT2D eigenvalue weighted by Gasteiger charge is 2.11. The van der Waals surface area contributed by atoms with E-state index in [4.69, 9.17) is 13.9 Å². The Morgan fingerprint density at radius 2 is 1.71 bits per heavy atom. The maximum absolute atomic E-state index is 12.3. The number of amides is 1. The molecule has 0 saturated heterocycles. The van der Waals surface area contributed by atoms with Crippen LogP contribution in [0.3, 0.4) is 0 Å². The van der Waals surface area contributed by atoms with Crippen molar-refractivity contribution in [1.82, 2.24) is 0 Å². The van der Waals surface area contributed by atoms with Crippen LogP contribution < -0.4 is 14.8 Å². The summed E-state index contributed by atoms with van der Waals surface area (Å²) < 4.78 is 16.7. The summed E-state index contributed by atoms with van der Waals surface area (Å²) in [4.78, 5) is 23.8. The Bertz CT molecular complexity index is 1210. The lowest BCUT2D eigenvalue weighted by atomic mass is 10.1. The van der Waals surface area contributed by atoms with E-state index < -0.39 is 0 Å². The molecule has 4 aromatic rings. The summed E-state index contributed by atoms with van der Waals surface area (Å²) in [7, 11) is 1.48. The molecular weight excluding hydrogens is 394 g/mol. The molecule has 0 radical (unpaired) electrons. The quantitative estimate of drug-likeness (QED) is 0.413. The Labute approximate surface area is 179 Å². The van der Waals surface area contributed by atoms with Gasteiger partial charge in [0.25, 0.3) is 5.91 Å². The first-order valence-corrected chi connectivity index (χ1v) is 9.74. The van der Waals surface area contributed by atoms with E-state index >= 15 is 0 Å². The molecule has 1 N–H and O–H groups in total. The van der Waals surface area contributed by atoms with Crippen LogP contribution in [0.1, 0.15) is 17.3 Å². The molecule has 0 fully saturated rings. The van der Waals surface area contributed by atoms with Crippen molar-refractivity contribution in [2.45, 2.75) is 6.92 Å². The number of nitrogens with one attached hydrogen (secondary N) is 1. The summed E-state index contributed by atoms with van der Waals surface area (Å²) in [5.41, 5.74) is 2.91. The van der Waals surface area contributed by atoms with Gasteiger partial charge >= 0.3 is 0 Å². The number of hydrogen-bond donors (Lipinski definition) is 1. The molecule has 6 heteroatoms. The first-order valence-electron chi connectivity index (χ1n) is 9.74. The molecule has 0 bridgehead atoms. The van der Waals surface area contributed by atoms with Gasteiger partial charge < -0.3 is 19.2 Å². The number of anilines is 1. The lowest BCUT2D eigenvalue weighted by molar-refractivity contribution is -0.118. The van der Waals surface area contributed by atoms with E-state index in [-0.39, 0.29) is 18.3 Å². The van der Waals surface area contributed by atoms with E-state index in [1.54, 1.807) is 18.2 Å². The average Bonchev–Trinajstić information content (AvgIpc) is 3.22. The van der Waals surface area contributed by atoms with Crippen LogP contribution >= 0.6 is 0 Å². The zero-order valence-corrected chi connectivity index (χ0v) is 17.2. The second-order valence-electron chi connectivity index (χ2n) is 6.98. The molecule has 0 spiro atoms. The summed E-state index contributed by atoms with van der Waals surface area (Å²) in [6, 6.07) is 22.0. The summed E-state index contributed by atoms with van der Waals surface area (Å²) in [6.07, 6.45) is 0. The Kier molecular flexibility index (Phi) is 5.71. The molecule has 0 saturated carbocycles. The maximum Gasteiger partial charge on any atom is 0.262 e. The number of ether oxygens (including phenoxy) is 2. The predicted octanol–water partition coefficient (Wildman–Crippen LogP) is 5.33. The van der Waals surface area contributed by atoms with E-state index in [2.05, 4.69) is 5.32 Å². The van der Waals surface area contributed by atoms with E-state index in [1.807, 2.05) is 54.6 Å². The third-order valence-corrected chi connectivity index (χ3v) is 4.81. The fraction of sp³-hybridized carbons (Fsp3) is 0.120. The number of methoxy groups -OCH3 is 1. The van der Waals surface area contributed by atoms with Crippen molar-refractivity contribution in [3.63, 3.8) is 0 Å². The lowest BCUT2D eigenvalue weighted by Crippen LogP contribution is -2.20. The number of hydrogen-bond acceptors (Lipinski definition) is 5. The van der Waals surface area contributed by atoms with E-state index in [0.29, 0.717) is 22.7 Å².